The van der Waals surface area contributed by atoms with Gasteiger partial charge < -0.3 is 15.2 Å². The molecule has 122 valence electrons. The highest BCUT2D eigenvalue weighted by Gasteiger charge is 2.24. The predicted octanol–water partition coefficient (Wildman–Crippen LogP) is 1.03. The van der Waals surface area contributed by atoms with E-state index < -0.39 is 6.04 Å². The predicted molar refractivity (Wildman–Crippen MR) is 82.9 cm³/mol. The highest BCUT2D eigenvalue weighted by atomic mass is 19.1. The summed E-state index contributed by atoms with van der Waals surface area (Å²) in [5, 5.41) is 8.11. The Morgan fingerprint density at radius 1 is 1.35 bits per heavy atom. The van der Waals surface area contributed by atoms with Crippen LogP contribution < -0.4 is 5.73 Å². The molecule has 1 amide bonds. The van der Waals surface area contributed by atoms with E-state index in [1.807, 2.05) is 11.5 Å². The Bertz CT molecular complexity index is 714. The van der Waals surface area contributed by atoms with E-state index in [4.69, 9.17) is 5.73 Å². The van der Waals surface area contributed by atoms with E-state index in [9.17, 15) is 9.18 Å². The molecule has 0 bridgehead atoms. The largest absolute Gasteiger partial charge is 0.333 e. The number of fused-ring (bicyclic) bond motifs is 1. The summed E-state index contributed by atoms with van der Waals surface area (Å²) >= 11 is 0. The van der Waals surface area contributed by atoms with E-state index in [2.05, 4.69) is 10.2 Å². The minimum Gasteiger partial charge on any atom is -0.333 e. The van der Waals surface area contributed by atoms with Gasteiger partial charge in [0, 0.05) is 25.6 Å². The lowest BCUT2D eigenvalue weighted by molar-refractivity contribution is -0.133. The zero-order chi connectivity index (χ0) is 16.4. The molecule has 0 aliphatic carbocycles. The number of nitrogens with two attached hydrogens (primary N) is 1. The van der Waals surface area contributed by atoms with Gasteiger partial charge in [-0.1, -0.05) is 18.2 Å². The van der Waals surface area contributed by atoms with Gasteiger partial charge in [0.05, 0.1) is 6.54 Å². The van der Waals surface area contributed by atoms with Crippen molar-refractivity contribution in [2.45, 2.75) is 38.9 Å². The number of carbonyl (C=O) groups excluding carboxylic acids is 1. The van der Waals surface area contributed by atoms with Crippen LogP contribution in [-0.2, 0) is 24.3 Å². The molecule has 1 aromatic carbocycles. The number of benzene rings is 1. The van der Waals surface area contributed by atoms with E-state index in [0.29, 0.717) is 31.6 Å². The Labute approximate surface area is 134 Å². The summed E-state index contributed by atoms with van der Waals surface area (Å²) in [5.74, 6) is 1.35. The molecule has 1 aromatic heterocycles. The standard InChI is InChI=1S/C16H20FN5O/c1-11-19-20-15-10-21(6-7-22(11)15)16(23)9-13(18)8-12-4-2-3-5-14(12)17/h2-5,13H,6-10,18H2,1H3. The van der Waals surface area contributed by atoms with Crippen LogP contribution >= 0.6 is 0 Å². The average molecular weight is 317 g/mol. The third kappa shape index (κ3) is 3.39. The molecule has 1 atom stereocenters. The molecule has 0 saturated heterocycles. The van der Waals surface area contributed by atoms with Crippen LogP contribution in [0.15, 0.2) is 24.3 Å². The van der Waals surface area contributed by atoms with Crippen molar-refractivity contribution in [3.05, 3.63) is 47.3 Å². The summed E-state index contributed by atoms with van der Waals surface area (Å²) in [4.78, 5) is 14.1. The summed E-state index contributed by atoms with van der Waals surface area (Å²) in [5.41, 5.74) is 6.58. The Morgan fingerprint density at radius 2 is 2.13 bits per heavy atom. The van der Waals surface area contributed by atoms with Crippen molar-refractivity contribution >= 4 is 5.91 Å². The molecule has 1 unspecified atom stereocenters. The Hall–Kier alpha value is -2.28. The van der Waals surface area contributed by atoms with Crippen molar-refractivity contribution in [1.29, 1.82) is 0 Å². The van der Waals surface area contributed by atoms with E-state index in [1.165, 1.54) is 6.07 Å². The highest BCUT2D eigenvalue weighted by molar-refractivity contribution is 5.76. The van der Waals surface area contributed by atoms with Gasteiger partial charge >= 0.3 is 0 Å². The molecule has 0 radical (unpaired) electrons. The number of carbonyl (C=O) groups is 1. The van der Waals surface area contributed by atoms with Crippen LogP contribution in [0.3, 0.4) is 0 Å². The van der Waals surface area contributed by atoms with Crippen LogP contribution in [0.5, 0.6) is 0 Å². The Kier molecular flexibility index (Phi) is 4.38. The first kappa shape index (κ1) is 15.6. The monoisotopic (exact) mass is 317 g/mol. The van der Waals surface area contributed by atoms with Crippen molar-refractivity contribution in [1.82, 2.24) is 19.7 Å². The summed E-state index contributed by atoms with van der Waals surface area (Å²) in [6.07, 6.45) is 0.545. The quantitative estimate of drug-likeness (QED) is 0.913. The Balaban J connectivity index is 1.58. The van der Waals surface area contributed by atoms with Gasteiger partial charge in [-0.3, -0.25) is 4.79 Å². The third-order valence-electron chi connectivity index (χ3n) is 4.17. The fourth-order valence-corrected chi connectivity index (χ4v) is 2.89. The second-order valence-electron chi connectivity index (χ2n) is 5.89. The lowest BCUT2D eigenvalue weighted by Gasteiger charge is -2.28. The number of aromatic nitrogens is 3. The maximum atomic E-state index is 13.6. The van der Waals surface area contributed by atoms with Crippen molar-refractivity contribution < 1.29 is 9.18 Å². The van der Waals surface area contributed by atoms with E-state index in [1.54, 1.807) is 23.1 Å². The zero-order valence-corrected chi connectivity index (χ0v) is 13.1. The molecule has 2 N–H and O–H groups in total. The number of rotatable bonds is 4. The summed E-state index contributed by atoms with van der Waals surface area (Å²) < 4.78 is 15.7. The van der Waals surface area contributed by atoms with Gasteiger partial charge in [-0.05, 0) is 25.0 Å². The molecule has 1 aliphatic heterocycles. The summed E-state index contributed by atoms with van der Waals surface area (Å²) in [6.45, 7) is 3.67. The van der Waals surface area contributed by atoms with Gasteiger partial charge in [-0.2, -0.15) is 0 Å². The van der Waals surface area contributed by atoms with Gasteiger partial charge in [-0.15, -0.1) is 10.2 Å². The molecule has 23 heavy (non-hydrogen) atoms. The number of aryl methyl sites for hydroxylation is 1. The second kappa shape index (κ2) is 6.45. The fourth-order valence-electron chi connectivity index (χ4n) is 2.89. The van der Waals surface area contributed by atoms with Crippen LogP contribution in [0, 0.1) is 12.7 Å². The first-order valence-electron chi connectivity index (χ1n) is 7.70. The van der Waals surface area contributed by atoms with Gasteiger partial charge in [0.2, 0.25) is 5.91 Å². The van der Waals surface area contributed by atoms with Crippen molar-refractivity contribution in [2.75, 3.05) is 6.54 Å². The van der Waals surface area contributed by atoms with Crippen LogP contribution in [-0.4, -0.2) is 38.2 Å². The zero-order valence-electron chi connectivity index (χ0n) is 13.1. The summed E-state index contributed by atoms with van der Waals surface area (Å²) in [7, 11) is 0. The molecule has 2 aromatic rings. The maximum absolute atomic E-state index is 13.6. The molecular formula is C16H20FN5O. The SMILES string of the molecule is Cc1nnc2n1CCN(C(=O)CC(N)Cc1ccccc1F)C2. The lowest BCUT2D eigenvalue weighted by atomic mass is 10.0. The molecule has 0 fully saturated rings. The van der Waals surface area contributed by atoms with Gasteiger partial charge in [-0.25, -0.2) is 4.39 Å². The van der Waals surface area contributed by atoms with E-state index in [0.717, 1.165) is 11.6 Å². The van der Waals surface area contributed by atoms with Crippen LogP contribution in [0.1, 0.15) is 23.6 Å². The Morgan fingerprint density at radius 3 is 2.91 bits per heavy atom. The van der Waals surface area contributed by atoms with Crippen molar-refractivity contribution in [3.8, 4) is 0 Å². The molecule has 2 heterocycles. The van der Waals surface area contributed by atoms with Gasteiger partial charge in [0.25, 0.3) is 0 Å². The van der Waals surface area contributed by atoms with Crippen molar-refractivity contribution in [3.63, 3.8) is 0 Å². The van der Waals surface area contributed by atoms with Crippen LogP contribution in [0.25, 0.3) is 0 Å². The average Bonchev–Trinajstić information content (AvgIpc) is 2.90. The van der Waals surface area contributed by atoms with Crippen LogP contribution in [0.2, 0.25) is 0 Å². The van der Waals surface area contributed by atoms with Crippen LogP contribution in [0.4, 0.5) is 4.39 Å². The number of amides is 1. The second-order valence-corrected chi connectivity index (χ2v) is 5.89. The molecule has 1 aliphatic rings. The molecule has 6 nitrogen and oxygen atoms in total. The van der Waals surface area contributed by atoms with E-state index in [-0.39, 0.29) is 18.1 Å². The molecule has 7 heteroatoms. The maximum Gasteiger partial charge on any atom is 0.224 e. The highest BCUT2D eigenvalue weighted by Crippen LogP contribution is 2.15. The van der Waals surface area contributed by atoms with Gasteiger partial charge in [0.15, 0.2) is 5.82 Å². The number of nitrogens with zero attached hydrogens (tertiary/aromatic N) is 4. The number of halogens is 1. The summed E-state index contributed by atoms with van der Waals surface area (Å²) in [6, 6.07) is 6.12. The van der Waals surface area contributed by atoms with Gasteiger partial charge in [0.1, 0.15) is 11.6 Å². The fraction of sp³-hybridized carbons (Fsp3) is 0.438. The first-order valence-corrected chi connectivity index (χ1v) is 7.70. The topological polar surface area (TPSA) is 77.0 Å². The number of hydrogen-bond acceptors (Lipinski definition) is 4. The minimum atomic E-state index is -0.402. The smallest absolute Gasteiger partial charge is 0.224 e. The minimum absolute atomic E-state index is 0.0271. The molecule has 0 spiro atoms. The first-order chi connectivity index (χ1) is 11.0. The molecule has 0 saturated carbocycles. The lowest BCUT2D eigenvalue weighted by Crippen LogP contribution is -2.41. The third-order valence-corrected chi connectivity index (χ3v) is 4.17. The molecule has 3 rings (SSSR count). The van der Waals surface area contributed by atoms with E-state index >= 15 is 0 Å². The normalized spacial score (nSPS) is 15.3. The number of hydrogen-bond donors (Lipinski definition) is 1. The van der Waals surface area contributed by atoms with Crippen molar-refractivity contribution in [2.24, 2.45) is 5.73 Å². The molecular weight excluding hydrogens is 297 g/mol.